The Morgan fingerprint density at radius 3 is 2.52 bits per heavy atom. The summed E-state index contributed by atoms with van der Waals surface area (Å²) < 4.78 is 5.87. The lowest BCUT2D eigenvalue weighted by Gasteiger charge is -2.45. The molecule has 27 heavy (non-hydrogen) atoms. The molecular weight excluding hydrogens is 338 g/mol. The minimum Gasteiger partial charge on any atom is -0.439 e. The van der Waals surface area contributed by atoms with Gasteiger partial charge < -0.3 is 14.5 Å². The number of hydrogen-bond acceptors (Lipinski definition) is 6. The van der Waals surface area contributed by atoms with Gasteiger partial charge in [-0.15, -0.1) is 0 Å². The first-order valence-electron chi connectivity index (χ1n) is 9.91. The highest BCUT2D eigenvalue weighted by molar-refractivity contribution is 5.42. The molecule has 2 atom stereocenters. The molecule has 6 heteroatoms. The fraction of sp³-hybridized carbons (Fsp3) is 0.524. The third kappa shape index (κ3) is 4.39. The van der Waals surface area contributed by atoms with Gasteiger partial charge in [0.25, 0.3) is 0 Å². The molecule has 0 aliphatic carbocycles. The maximum atomic E-state index is 5.87. The molecular formula is C21H29N5O. The second kappa shape index (κ2) is 8.23. The van der Waals surface area contributed by atoms with Crippen LogP contribution in [0.4, 0.5) is 5.82 Å². The van der Waals surface area contributed by atoms with Crippen LogP contribution in [0.2, 0.25) is 0 Å². The topological polar surface area (TPSA) is 44.7 Å². The van der Waals surface area contributed by atoms with Gasteiger partial charge >= 0.3 is 0 Å². The Morgan fingerprint density at radius 1 is 1.00 bits per heavy atom. The van der Waals surface area contributed by atoms with Crippen LogP contribution in [0.3, 0.4) is 0 Å². The Hall–Kier alpha value is -2.18. The van der Waals surface area contributed by atoms with Crippen LogP contribution in [0, 0.1) is 5.92 Å². The van der Waals surface area contributed by atoms with E-state index in [1.54, 1.807) is 6.33 Å². The van der Waals surface area contributed by atoms with Crippen molar-refractivity contribution < 1.29 is 4.74 Å². The number of piperazine rings is 1. The van der Waals surface area contributed by atoms with Gasteiger partial charge in [0.05, 0.1) is 0 Å². The van der Waals surface area contributed by atoms with E-state index in [0.717, 1.165) is 24.7 Å². The summed E-state index contributed by atoms with van der Waals surface area (Å²) in [6, 6.07) is 12.4. The number of rotatable bonds is 4. The molecule has 1 aromatic carbocycles. The molecule has 0 N–H and O–H groups in total. The number of benzene rings is 1. The van der Waals surface area contributed by atoms with E-state index >= 15 is 0 Å². The number of aromatic nitrogens is 2. The number of piperidine rings is 1. The summed E-state index contributed by atoms with van der Waals surface area (Å²) in [4.78, 5) is 16.3. The largest absolute Gasteiger partial charge is 0.439 e. The van der Waals surface area contributed by atoms with Crippen molar-refractivity contribution in [1.82, 2.24) is 19.8 Å². The molecule has 2 saturated heterocycles. The second-order valence-corrected chi connectivity index (χ2v) is 7.75. The zero-order chi connectivity index (χ0) is 18.6. The van der Waals surface area contributed by atoms with E-state index in [2.05, 4.69) is 38.6 Å². The van der Waals surface area contributed by atoms with E-state index in [9.17, 15) is 0 Å². The monoisotopic (exact) mass is 367 g/mol. The summed E-state index contributed by atoms with van der Waals surface area (Å²) in [5.41, 5.74) is 0. The summed E-state index contributed by atoms with van der Waals surface area (Å²) in [7, 11) is 2.22. The van der Waals surface area contributed by atoms with Crippen molar-refractivity contribution in [3.8, 4) is 11.6 Å². The lowest BCUT2D eigenvalue weighted by Crippen LogP contribution is -2.55. The van der Waals surface area contributed by atoms with Gasteiger partial charge in [0.1, 0.15) is 17.9 Å². The predicted molar refractivity (Wildman–Crippen MR) is 107 cm³/mol. The summed E-state index contributed by atoms with van der Waals surface area (Å²) in [6.45, 7) is 9.17. The highest BCUT2D eigenvalue weighted by Gasteiger charge is 2.32. The van der Waals surface area contributed by atoms with Crippen LogP contribution in [-0.4, -0.2) is 72.1 Å². The number of anilines is 1. The zero-order valence-electron chi connectivity index (χ0n) is 16.3. The van der Waals surface area contributed by atoms with Gasteiger partial charge in [-0.2, -0.15) is 0 Å². The average Bonchev–Trinajstić information content (AvgIpc) is 2.70. The first kappa shape index (κ1) is 18.2. The molecule has 3 heterocycles. The Morgan fingerprint density at radius 2 is 1.78 bits per heavy atom. The maximum Gasteiger partial charge on any atom is 0.224 e. The van der Waals surface area contributed by atoms with Gasteiger partial charge in [0, 0.05) is 51.4 Å². The van der Waals surface area contributed by atoms with Gasteiger partial charge in [-0.3, -0.25) is 4.90 Å². The quantitative estimate of drug-likeness (QED) is 0.828. The SMILES string of the molecule is CC1CN(c2cc(Oc3ccccc3)ncn2)CCC1N1CCN(C)CC1. The molecule has 2 aromatic rings. The highest BCUT2D eigenvalue weighted by atomic mass is 16.5. The first-order valence-corrected chi connectivity index (χ1v) is 9.91. The average molecular weight is 367 g/mol. The third-order valence-electron chi connectivity index (χ3n) is 5.78. The summed E-state index contributed by atoms with van der Waals surface area (Å²) in [5, 5.41) is 0. The molecule has 0 bridgehead atoms. The van der Waals surface area contributed by atoms with E-state index in [4.69, 9.17) is 4.74 Å². The van der Waals surface area contributed by atoms with Crippen LogP contribution in [0.1, 0.15) is 13.3 Å². The lowest BCUT2D eigenvalue weighted by atomic mass is 9.92. The number of nitrogens with zero attached hydrogens (tertiary/aromatic N) is 5. The number of hydrogen-bond donors (Lipinski definition) is 0. The molecule has 0 saturated carbocycles. The van der Waals surface area contributed by atoms with E-state index < -0.39 is 0 Å². The smallest absolute Gasteiger partial charge is 0.224 e. The highest BCUT2D eigenvalue weighted by Crippen LogP contribution is 2.28. The first-order chi connectivity index (χ1) is 13.2. The minimum absolute atomic E-state index is 0.597. The van der Waals surface area contributed by atoms with Gasteiger partial charge in [-0.25, -0.2) is 9.97 Å². The van der Waals surface area contributed by atoms with E-state index in [1.807, 2.05) is 36.4 Å². The van der Waals surface area contributed by atoms with Crippen molar-refractivity contribution in [2.24, 2.45) is 5.92 Å². The summed E-state index contributed by atoms with van der Waals surface area (Å²) in [6.07, 6.45) is 2.79. The van der Waals surface area contributed by atoms with Crippen molar-refractivity contribution in [1.29, 1.82) is 0 Å². The van der Waals surface area contributed by atoms with Crippen LogP contribution in [-0.2, 0) is 0 Å². The third-order valence-corrected chi connectivity index (χ3v) is 5.78. The predicted octanol–water partition coefficient (Wildman–Crippen LogP) is 2.73. The normalized spacial score (nSPS) is 24.7. The van der Waals surface area contributed by atoms with Crippen LogP contribution in [0.25, 0.3) is 0 Å². The molecule has 144 valence electrons. The van der Waals surface area contributed by atoms with Crippen molar-refractivity contribution in [3.63, 3.8) is 0 Å². The van der Waals surface area contributed by atoms with E-state index in [1.165, 1.54) is 32.6 Å². The van der Waals surface area contributed by atoms with Gasteiger partial charge in [-0.05, 0) is 31.5 Å². The standard InChI is InChI=1S/C21H29N5O/c1-17-15-26(9-8-19(17)25-12-10-24(2)11-13-25)20-14-21(23-16-22-20)27-18-6-4-3-5-7-18/h3-7,14,16-17,19H,8-13,15H2,1-2H3. The molecule has 2 aliphatic heterocycles. The summed E-state index contributed by atoms with van der Waals surface area (Å²) >= 11 is 0. The number of para-hydroxylation sites is 1. The molecule has 0 radical (unpaired) electrons. The van der Waals surface area contributed by atoms with Crippen LogP contribution in [0.5, 0.6) is 11.6 Å². The Kier molecular flexibility index (Phi) is 5.55. The van der Waals surface area contributed by atoms with Gasteiger partial charge in [0.2, 0.25) is 5.88 Å². The Bertz CT molecular complexity index is 732. The molecule has 2 fully saturated rings. The van der Waals surface area contributed by atoms with Crippen molar-refractivity contribution in [2.75, 3.05) is 51.2 Å². The van der Waals surface area contributed by atoms with Crippen LogP contribution < -0.4 is 9.64 Å². The molecule has 2 aliphatic rings. The fourth-order valence-electron chi connectivity index (χ4n) is 4.21. The van der Waals surface area contributed by atoms with Crippen LogP contribution in [0.15, 0.2) is 42.7 Å². The lowest BCUT2D eigenvalue weighted by molar-refractivity contribution is 0.0737. The number of likely N-dealkylation sites (N-methyl/N-ethyl adjacent to an activating group) is 1. The summed E-state index contributed by atoms with van der Waals surface area (Å²) in [5.74, 6) is 2.97. The maximum absolute atomic E-state index is 5.87. The van der Waals surface area contributed by atoms with Gasteiger partial charge in [-0.1, -0.05) is 25.1 Å². The fourth-order valence-corrected chi connectivity index (χ4v) is 4.21. The minimum atomic E-state index is 0.597. The second-order valence-electron chi connectivity index (χ2n) is 7.75. The van der Waals surface area contributed by atoms with Crippen molar-refractivity contribution in [3.05, 3.63) is 42.7 Å². The van der Waals surface area contributed by atoms with Gasteiger partial charge in [0.15, 0.2) is 0 Å². The van der Waals surface area contributed by atoms with E-state index in [-0.39, 0.29) is 0 Å². The molecule has 6 nitrogen and oxygen atoms in total. The zero-order valence-corrected chi connectivity index (χ0v) is 16.3. The van der Waals surface area contributed by atoms with Crippen molar-refractivity contribution >= 4 is 5.82 Å². The molecule has 0 amide bonds. The number of ether oxygens (including phenoxy) is 1. The molecule has 0 spiro atoms. The van der Waals surface area contributed by atoms with E-state index in [0.29, 0.717) is 17.8 Å². The Labute approximate surface area is 161 Å². The molecule has 4 rings (SSSR count). The molecule has 1 aromatic heterocycles. The van der Waals surface area contributed by atoms with Crippen molar-refractivity contribution in [2.45, 2.75) is 19.4 Å². The molecule has 2 unspecified atom stereocenters. The Balaban J connectivity index is 1.39. The van der Waals surface area contributed by atoms with Crippen LogP contribution >= 0.6 is 0 Å².